The first kappa shape index (κ1) is 18.5. The second-order valence-electron chi connectivity index (χ2n) is 7.67. The first-order valence-corrected chi connectivity index (χ1v) is 9.70. The van der Waals surface area contributed by atoms with E-state index in [4.69, 9.17) is 4.42 Å². The van der Waals surface area contributed by atoms with E-state index in [9.17, 15) is 19.2 Å². The molecule has 3 aliphatic rings. The Hall–Kier alpha value is -2.84. The summed E-state index contributed by atoms with van der Waals surface area (Å²) in [5, 5.41) is 2.81. The van der Waals surface area contributed by atoms with Crippen LogP contribution in [0.25, 0.3) is 0 Å². The fourth-order valence-corrected chi connectivity index (χ4v) is 4.37. The molecule has 2 saturated heterocycles. The van der Waals surface area contributed by atoms with E-state index in [0.717, 1.165) is 17.7 Å². The number of carbonyl (C=O) groups is 4. The molecule has 1 spiro atoms. The number of amides is 5. The number of imide groups is 1. The van der Waals surface area contributed by atoms with Crippen molar-refractivity contribution in [3.63, 3.8) is 0 Å². The van der Waals surface area contributed by atoms with Gasteiger partial charge in [0.05, 0.1) is 6.26 Å². The minimum Gasteiger partial charge on any atom is -0.459 e. The number of rotatable bonds is 3. The second-order valence-corrected chi connectivity index (χ2v) is 7.67. The van der Waals surface area contributed by atoms with Gasteiger partial charge in [-0.3, -0.25) is 14.4 Å². The van der Waals surface area contributed by atoms with Gasteiger partial charge in [-0.25, -0.2) is 9.69 Å². The van der Waals surface area contributed by atoms with E-state index in [1.807, 2.05) is 0 Å². The van der Waals surface area contributed by atoms with E-state index in [2.05, 4.69) is 5.32 Å². The van der Waals surface area contributed by atoms with Gasteiger partial charge < -0.3 is 19.5 Å². The molecule has 1 aromatic heterocycles. The van der Waals surface area contributed by atoms with E-state index in [1.54, 1.807) is 28.9 Å². The first-order chi connectivity index (χ1) is 13.4. The van der Waals surface area contributed by atoms with Gasteiger partial charge in [0.1, 0.15) is 11.6 Å². The molecular formula is C19H24N4O5. The maximum atomic E-state index is 12.9. The van der Waals surface area contributed by atoms with Crippen LogP contribution in [0.4, 0.5) is 4.79 Å². The lowest BCUT2D eigenvalue weighted by Gasteiger charge is -2.36. The number of furan rings is 1. The van der Waals surface area contributed by atoms with E-state index in [1.165, 1.54) is 6.26 Å². The highest BCUT2D eigenvalue weighted by molar-refractivity contribution is 6.10. The molecule has 3 heterocycles. The normalized spacial score (nSPS) is 22.7. The molecule has 3 fully saturated rings. The highest BCUT2D eigenvalue weighted by atomic mass is 16.3. The Morgan fingerprint density at radius 3 is 2.36 bits per heavy atom. The molecule has 0 radical (unpaired) electrons. The summed E-state index contributed by atoms with van der Waals surface area (Å²) in [5.74, 6) is -0.497. The van der Waals surface area contributed by atoms with Crippen molar-refractivity contribution in [2.24, 2.45) is 0 Å². The van der Waals surface area contributed by atoms with Crippen LogP contribution < -0.4 is 5.32 Å². The van der Waals surface area contributed by atoms with Crippen LogP contribution in [-0.4, -0.2) is 76.2 Å². The van der Waals surface area contributed by atoms with Gasteiger partial charge in [0.15, 0.2) is 5.76 Å². The van der Waals surface area contributed by atoms with Crippen LogP contribution >= 0.6 is 0 Å². The van der Waals surface area contributed by atoms with Crippen LogP contribution in [0.15, 0.2) is 22.8 Å². The van der Waals surface area contributed by atoms with Crippen LogP contribution in [0, 0.1) is 0 Å². The van der Waals surface area contributed by atoms with Crippen molar-refractivity contribution in [3.05, 3.63) is 24.2 Å². The fourth-order valence-electron chi connectivity index (χ4n) is 4.37. The predicted molar refractivity (Wildman–Crippen MR) is 97.2 cm³/mol. The molecule has 1 N–H and O–H groups in total. The largest absolute Gasteiger partial charge is 0.459 e. The average molecular weight is 388 g/mol. The van der Waals surface area contributed by atoms with Crippen molar-refractivity contribution in [2.45, 2.75) is 44.2 Å². The zero-order valence-electron chi connectivity index (χ0n) is 15.8. The van der Waals surface area contributed by atoms with Gasteiger partial charge in [-0.15, -0.1) is 0 Å². The summed E-state index contributed by atoms with van der Waals surface area (Å²) in [6.07, 6.45) is 4.50. The predicted octanol–water partition coefficient (Wildman–Crippen LogP) is 0.817. The molecule has 1 saturated carbocycles. The van der Waals surface area contributed by atoms with E-state index in [-0.39, 0.29) is 23.5 Å². The highest BCUT2D eigenvalue weighted by Crippen LogP contribution is 2.36. The standard InChI is InChI=1S/C19H24N4O5/c1-13(23-17(26)19(20-18(23)27)6-2-3-7-19)15(24)21-8-10-22(11-9-21)16(25)14-5-4-12-28-14/h4-5,12-13H,2-3,6-11H2,1H3,(H,20,27). The van der Waals surface area contributed by atoms with Crippen LogP contribution in [0.5, 0.6) is 0 Å². The summed E-state index contributed by atoms with van der Waals surface area (Å²) in [5.41, 5.74) is -0.820. The molecule has 9 heteroatoms. The minimum absolute atomic E-state index is 0.206. The third-order valence-electron chi connectivity index (χ3n) is 6.01. The number of nitrogens with one attached hydrogen (secondary N) is 1. The monoisotopic (exact) mass is 388 g/mol. The summed E-state index contributed by atoms with van der Waals surface area (Å²) >= 11 is 0. The number of hydrogen-bond donors (Lipinski definition) is 1. The summed E-state index contributed by atoms with van der Waals surface area (Å²) in [6, 6.07) is 1.92. The molecule has 1 atom stereocenters. The number of carbonyl (C=O) groups excluding carboxylic acids is 4. The minimum atomic E-state index is -0.861. The zero-order chi connectivity index (χ0) is 19.9. The smallest absolute Gasteiger partial charge is 0.325 e. The Kier molecular flexibility index (Phi) is 4.60. The number of hydrogen-bond acceptors (Lipinski definition) is 5. The van der Waals surface area contributed by atoms with Crippen molar-refractivity contribution in [2.75, 3.05) is 26.2 Å². The van der Waals surface area contributed by atoms with Gasteiger partial charge in [0.25, 0.3) is 11.8 Å². The Labute approximate surface area is 162 Å². The third-order valence-corrected chi connectivity index (χ3v) is 6.01. The fraction of sp³-hybridized carbons (Fsp3) is 0.579. The van der Waals surface area contributed by atoms with Gasteiger partial charge in [-0.1, -0.05) is 12.8 Å². The molecule has 4 rings (SSSR count). The molecule has 2 aliphatic heterocycles. The topological polar surface area (TPSA) is 103 Å². The van der Waals surface area contributed by atoms with Crippen molar-refractivity contribution < 1.29 is 23.6 Å². The first-order valence-electron chi connectivity index (χ1n) is 9.70. The maximum absolute atomic E-state index is 12.9. The van der Waals surface area contributed by atoms with E-state index in [0.29, 0.717) is 39.0 Å². The number of urea groups is 1. The summed E-state index contributed by atoms with van der Waals surface area (Å²) in [6.45, 7) is 3.05. The van der Waals surface area contributed by atoms with Crippen LogP contribution in [0.3, 0.4) is 0 Å². The lowest BCUT2D eigenvalue weighted by Crippen LogP contribution is -2.56. The number of piperazine rings is 1. The molecule has 1 aromatic rings. The van der Waals surface area contributed by atoms with E-state index >= 15 is 0 Å². The molecule has 1 aliphatic carbocycles. The van der Waals surface area contributed by atoms with Crippen molar-refractivity contribution in [3.8, 4) is 0 Å². The van der Waals surface area contributed by atoms with E-state index < -0.39 is 17.6 Å². The SMILES string of the molecule is CC(C(=O)N1CCN(C(=O)c2ccco2)CC1)N1C(=O)NC2(CCCC2)C1=O. The highest BCUT2D eigenvalue weighted by Gasteiger charge is 2.54. The lowest BCUT2D eigenvalue weighted by atomic mass is 9.97. The molecule has 9 nitrogen and oxygen atoms in total. The van der Waals surface area contributed by atoms with Crippen molar-refractivity contribution >= 4 is 23.8 Å². The summed E-state index contributed by atoms with van der Waals surface area (Å²) in [4.78, 5) is 54.8. The molecule has 28 heavy (non-hydrogen) atoms. The van der Waals surface area contributed by atoms with Gasteiger partial charge in [0, 0.05) is 26.2 Å². The van der Waals surface area contributed by atoms with Crippen molar-refractivity contribution in [1.82, 2.24) is 20.0 Å². The van der Waals surface area contributed by atoms with Crippen molar-refractivity contribution in [1.29, 1.82) is 0 Å². The maximum Gasteiger partial charge on any atom is 0.325 e. The second kappa shape index (κ2) is 6.96. The average Bonchev–Trinajstić information content (AvgIpc) is 3.43. The van der Waals surface area contributed by atoms with Gasteiger partial charge >= 0.3 is 6.03 Å². The molecule has 1 unspecified atom stereocenters. The zero-order valence-corrected chi connectivity index (χ0v) is 15.8. The molecule has 150 valence electrons. The summed E-state index contributed by atoms with van der Waals surface area (Å²) < 4.78 is 5.14. The molecular weight excluding hydrogens is 364 g/mol. The van der Waals surface area contributed by atoms with Crippen LogP contribution in [0.2, 0.25) is 0 Å². The molecule has 0 bridgehead atoms. The van der Waals surface area contributed by atoms with Gasteiger partial charge in [-0.2, -0.15) is 0 Å². The lowest BCUT2D eigenvalue weighted by molar-refractivity contribution is -0.143. The molecule has 0 aromatic carbocycles. The quantitative estimate of drug-likeness (QED) is 0.772. The Bertz CT molecular complexity index is 791. The Morgan fingerprint density at radius 2 is 1.75 bits per heavy atom. The van der Waals surface area contributed by atoms with Crippen LogP contribution in [0.1, 0.15) is 43.2 Å². The Morgan fingerprint density at radius 1 is 1.11 bits per heavy atom. The third kappa shape index (κ3) is 2.94. The van der Waals surface area contributed by atoms with Gasteiger partial charge in [0.2, 0.25) is 5.91 Å². The molecule has 5 amide bonds. The van der Waals surface area contributed by atoms with Crippen LogP contribution in [-0.2, 0) is 9.59 Å². The number of nitrogens with zero attached hydrogens (tertiary/aromatic N) is 3. The summed E-state index contributed by atoms with van der Waals surface area (Å²) in [7, 11) is 0. The Balaban J connectivity index is 1.38. The van der Waals surface area contributed by atoms with Gasteiger partial charge in [-0.05, 0) is 31.9 Å².